The van der Waals surface area contributed by atoms with Crippen molar-refractivity contribution < 1.29 is 4.39 Å². The fourth-order valence-electron chi connectivity index (χ4n) is 1.96. The second-order valence-corrected chi connectivity index (χ2v) is 5.44. The number of H-pyrrole nitrogens is 1. The number of aromatic amines is 1. The molecule has 0 saturated carbocycles. The van der Waals surface area contributed by atoms with Crippen molar-refractivity contribution in [2.24, 2.45) is 0 Å². The van der Waals surface area contributed by atoms with E-state index in [0.717, 1.165) is 5.69 Å². The molecule has 0 aliphatic heterocycles. The van der Waals surface area contributed by atoms with Crippen molar-refractivity contribution in [2.45, 2.75) is 33.1 Å². The van der Waals surface area contributed by atoms with Gasteiger partial charge in [-0.1, -0.05) is 20.8 Å². The molecule has 0 atom stereocenters. The van der Waals surface area contributed by atoms with Gasteiger partial charge in [-0.25, -0.2) is 4.39 Å². The smallest absolute Gasteiger partial charge is 0.189 e. The second kappa shape index (κ2) is 3.69. The zero-order valence-corrected chi connectivity index (χ0v) is 10.5. The summed E-state index contributed by atoms with van der Waals surface area (Å²) in [5.41, 5.74) is 1.84. The molecule has 90 valence electrons. The summed E-state index contributed by atoms with van der Waals surface area (Å²) < 4.78 is 13.3. The first-order valence-corrected chi connectivity index (χ1v) is 5.63. The molecule has 0 amide bonds. The van der Waals surface area contributed by atoms with Crippen LogP contribution in [0.5, 0.6) is 0 Å². The van der Waals surface area contributed by atoms with Crippen LogP contribution in [0.4, 0.5) is 4.39 Å². The molecule has 0 fully saturated rings. The third-order valence-corrected chi connectivity index (χ3v) is 2.90. The summed E-state index contributed by atoms with van der Waals surface area (Å²) >= 11 is 0. The van der Waals surface area contributed by atoms with E-state index in [0.29, 0.717) is 16.5 Å². The number of hydrogen-bond donors (Lipinski definition) is 1. The molecule has 0 aliphatic rings. The standard InChI is InChI=1S/C14H16FNO/c1-8-5-9(15)6-10-13(8)11(17)7-12(16-10)14(2,3)4/h5-7H,1-4H3,(H,16,17). The van der Waals surface area contributed by atoms with Crippen molar-refractivity contribution in [1.82, 2.24) is 4.98 Å². The maximum absolute atomic E-state index is 13.3. The third kappa shape index (κ3) is 2.09. The van der Waals surface area contributed by atoms with Crippen LogP contribution in [0.1, 0.15) is 32.0 Å². The largest absolute Gasteiger partial charge is 0.358 e. The Morgan fingerprint density at radius 1 is 1.18 bits per heavy atom. The Kier molecular flexibility index (Phi) is 2.57. The van der Waals surface area contributed by atoms with Gasteiger partial charge in [0.2, 0.25) is 0 Å². The topological polar surface area (TPSA) is 32.9 Å². The normalized spacial score (nSPS) is 12.1. The van der Waals surface area contributed by atoms with Gasteiger partial charge < -0.3 is 4.98 Å². The Hall–Kier alpha value is -1.64. The highest BCUT2D eigenvalue weighted by Crippen LogP contribution is 2.22. The van der Waals surface area contributed by atoms with Gasteiger partial charge in [0.05, 0.1) is 5.52 Å². The Bertz CT molecular complexity index is 635. The van der Waals surface area contributed by atoms with Crippen molar-refractivity contribution in [3.8, 4) is 0 Å². The van der Waals surface area contributed by atoms with Crippen LogP contribution in [0.2, 0.25) is 0 Å². The minimum absolute atomic E-state index is 0.0545. The first kappa shape index (κ1) is 11.8. The number of hydrogen-bond acceptors (Lipinski definition) is 1. The van der Waals surface area contributed by atoms with Crippen molar-refractivity contribution in [3.63, 3.8) is 0 Å². The Labute approximate surface area is 99.5 Å². The number of rotatable bonds is 0. The lowest BCUT2D eigenvalue weighted by Crippen LogP contribution is -2.18. The molecular formula is C14H16FNO. The predicted molar refractivity (Wildman–Crippen MR) is 68.0 cm³/mol. The molecule has 0 aliphatic carbocycles. The lowest BCUT2D eigenvalue weighted by atomic mass is 9.91. The monoisotopic (exact) mass is 233 g/mol. The number of nitrogens with one attached hydrogen (secondary N) is 1. The summed E-state index contributed by atoms with van der Waals surface area (Å²) in [5.74, 6) is -0.322. The Balaban J connectivity index is 2.87. The lowest BCUT2D eigenvalue weighted by Gasteiger charge is -2.19. The van der Waals surface area contributed by atoms with Gasteiger partial charge in [0.15, 0.2) is 5.43 Å². The van der Waals surface area contributed by atoms with Crippen LogP contribution in [0, 0.1) is 12.7 Å². The fraction of sp³-hybridized carbons (Fsp3) is 0.357. The zero-order valence-electron chi connectivity index (χ0n) is 10.5. The van der Waals surface area contributed by atoms with Gasteiger partial charge in [0.1, 0.15) is 5.82 Å². The highest BCUT2D eigenvalue weighted by Gasteiger charge is 2.17. The van der Waals surface area contributed by atoms with Gasteiger partial charge >= 0.3 is 0 Å². The van der Waals surface area contributed by atoms with Gasteiger partial charge in [-0.05, 0) is 24.6 Å². The van der Waals surface area contributed by atoms with Crippen LogP contribution in [0.25, 0.3) is 10.9 Å². The first-order chi connectivity index (χ1) is 7.79. The number of halogens is 1. The maximum Gasteiger partial charge on any atom is 0.189 e. The Morgan fingerprint density at radius 2 is 1.82 bits per heavy atom. The quantitative estimate of drug-likeness (QED) is 0.744. The van der Waals surface area contributed by atoms with Crippen LogP contribution in [0.3, 0.4) is 0 Å². The minimum Gasteiger partial charge on any atom is -0.358 e. The lowest BCUT2D eigenvalue weighted by molar-refractivity contribution is 0.570. The molecule has 0 radical (unpaired) electrons. The molecule has 3 heteroatoms. The predicted octanol–water partition coefficient (Wildman–Crippen LogP) is 3.27. The van der Waals surface area contributed by atoms with E-state index in [-0.39, 0.29) is 16.7 Å². The molecule has 2 aromatic rings. The van der Waals surface area contributed by atoms with Crippen LogP contribution < -0.4 is 5.43 Å². The highest BCUT2D eigenvalue weighted by atomic mass is 19.1. The van der Waals surface area contributed by atoms with Gasteiger partial charge in [0, 0.05) is 22.6 Å². The molecule has 0 bridgehead atoms. The van der Waals surface area contributed by atoms with E-state index in [1.807, 2.05) is 20.8 Å². The van der Waals surface area contributed by atoms with Gasteiger partial charge in [-0.15, -0.1) is 0 Å². The zero-order chi connectivity index (χ0) is 12.8. The van der Waals surface area contributed by atoms with E-state index in [2.05, 4.69) is 4.98 Å². The van der Waals surface area contributed by atoms with Crippen LogP contribution in [-0.2, 0) is 5.41 Å². The van der Waals surface area contributed by atoms with Crippen LogP contribution in [0.15, 0.2) is 23.0 Å². The molecule has 0 saturated heterocycles. The van der Waals surface area contributed by atoms with Crippen LogP contribution >= 0.6 is 0 Å². The van der Waals surface area contributed by atoms with Crippen LogP contribution in [-0.4, -0.2) is 4.98 Å². The average Bonchev–Trinajstić information content (AvgIpc) is 2.13. The highest BCUT2D eigenvalue weighted by molar-refractivity contribution is 5.82. The number of fused-ring (bicyclic) bond motifs is 1. The summed E-state index contributed by atoms with van der Waals surface area (Å²) in [4.78, 5) is 15.2. The number of aromatic nitrogens is 1. The minimum atomic E-state index is -0.322. The fourth-order valence-corrected chi connectivity index (χ4v) is 1.96. The number of benzene rings is 1. The van der Waals surface area contributed by atoms with Gasteiger partial charge in [-0.3, -0.25) is 4.79 Å². The molecule has 0 unspecified atom stereocenters. The summed E-state index contributed by atoms with van der Waals surface area (Å²) in [6.45, 7) is 7.78. The maximum atomic E-state index is 13.3. The van der Waals surface area contributed by atoms with E-state index in [1.54, 1.807) is 13.0 Å². The van der Waals surface area contributed by atoms with Gasteiger partial charge in [-0.2, -0.15) is 0 Å². The van der Waals surface area contributed by atoms with E-state index in [1.165, 1.54) is 12.1 Å². The summed E-state index contributed by atoms with van der Waals surface area (Å²) in [5, 5.41) is 0.569. The molecule has 1 heterocycles. The number of aryl methyl sites for hydroxylation is 1. The number of pyridine rings is 1. The summed E-state index contributed by atoms with van der Waals surface area (Å²) in [7, 11) is 0. The molecule has 1 aromatic heterocycles. The first-order valence-electron chi connectivity index (χ1n) is 5.63. The van der Waals surface area contributed by atoms with Crippen molar-refractivity contribution >= 4 is 10.9 Å². The summed E-state index contributed by atoms with van der Waals surface area (Å²) in [6, 6.07) is 4.36. The molecule has 17 heavy (non-hydrogen) atoms. The molecule has 2 nitrogen and oxygen atoms in total. The van der Waals surface area contributed by atoms with E-state index < -0.39 is 0 Å². The SMILES string of the molecule is Cc1cc(F)cc2[nH]c(C(C)(C)C)cc(=O)c12. The molecule has 1 N–H and O–H groups in total. The molecular weight excluding hydrogens is 217 g/mol. The van der Waals surface area contributed by atoms with E-state index >= 15 is 0 Å². The van der Waals surface area contributed by atoms with E-state index in [4.69, 9.17) is 0 Å². The second-order valence-electron chi connectivity index (χ2n) is 5.44. The molecule has 2 rings (SSSR count). The third-order valence-electron chi connectivity index (χ3n) is 2.90. The van der Waals surface area contributed by atoms with Crippen molar-refractivity contribution in [3.05, 3.63) is 45.5 Å². The van der Waals surface area contributed by atoms with Crippen molar-refractivity contribution in [1.29, 1.82) is 0 Å². The Morgan fingerprint density at radius 3 is 2.41 bits per heavy atom. The van der Waals surface area contributed by atoms with E-state index in [9.17, 15) is 9.18 Å². The molecule has 0 spiro atoms. The van der Waals surface area contributed by atoms with Gasteiger partial charge in [0.25, 0.3) is 0 Å². The molecule has 1 aromatic carbocycles. The summed E-state index contributed by atoms with van der Waals surface area (Å²) in [6.07, 6.45) is 0. The average molecular weight is 233 g/mol. The van der Waals surface area contributed by atoms with Crippen molar-refractivity contribution in [2.75, 3.05) is 0 Å².